The van der Waals surface area contributed by atoms with Crippen molar-refractivity contribution in [2.45, 2.75) is 37.4 Å². The molecule has 8 heteroatoms. The summed E-state index contributed by atoms with van der Waals surface area (Å²) in [6.07, 6.45) is 4.77. The number of aromatic nitrogens is 3. The van der Waals surface area contributed by atoms with Crippen LogP contribution in [-0.4, -0.2) is 29.6 Å². The van der Waals surface area contributed by atoms with Crippen molar-refractivity contribution in [1.29, 1.82) is 0 Å². The third kappa shape index (κ3) is 4.16. The average molecular weight is 384 g/mol. The van der Waals surface area contributed by atoms with Gasteiger partial charge in [-0.2, -0.15) is 0 Å². The Labute approximate surface area is 157 Å². The molecule has 2 heterocycles. The molecule has 0 unspecified atom stereocenters. The van der Waals surface area contributed by atoms with E-state index in [1.165, 1.54) is 5.56 Å². The molecule has 7 nitrogen and oxygen atoms in total. The monoisotopic (exact) mass is 384 g/mol. The molecule has 27 heavy (non-hydrogen) atoms. The van der Waals surface area contributed by atoms with E-state index in [0.717, 1.165) is 30.4 Å². The van der Waals surface area contributed by atoms with Crippen molar-refractivity contribution in [3.05, 3.63) is 53.5 Å². The van der Waals surface area contributed by atoms with Gasteiger partial charge in [-0.05, 0) is 31.9 Å². The summed E-state index contributed by atoms with van der Waals surface area (Å²) in [7, 11) is -3.47. The van der Waals surface area contributed by atoms with E-state index < -0.39 is 9.84 Å². The maximum atomic E-state index is 11.9. The molecule has 1 saturated carbocycles. The fraction of sp³-hybridized carbons (Fsp3) is 0.316. The second-order valence-corrected chi connectivity index (χ2v) is 8.78. The van der Waals surface area contributed by atoms with Gasteiger partial charge in [0.05, 0.1) is 17.9 Å². The molecule has 1 fully saturated rings. The van der Waals surface area contributed by atoms with Crippen molar-refractivity contribution in [2.24, 2.45) is 0 Å². The number of nitrogens with one attached hydrogen (secondary N) is 1. The highest BCUT2D eigenvalue weighted by molar-refractivity contribution is 7.90. The second-order valence-electron chi connectivity index (χ2n) is 6.87. The van der Waals surface area contributed by atoms with Crippen LogP contribution in [0.25, 0.3) is 11.5 Å². The average Bonchev–Trinajstić information content (AvgIpc) is 3.38. The van der Waals surface area contributed by atoms with Crippen LogP contribution in [-0.2, 0) is 16.4 Å². The third-order valence-corrected chi connectivity index (χ3v) is 5.20. The van der Waals surface area contributed by atoms with E-state index in [1.54, 1.807) is 6.26 Å². The number of hydrogen-bond acceptors (Lipinski definition) is 7. The normalized spacial score (nSPS) is 14.3. The highest BCUT2D eigenvalue weighted by atomic mass is 32.2. The van der Waals surface area contributed by atoms with E-state index in [-0.39, 0.29) is 5.16 Å². The number of oxazole rings is 1. The van der Waals surface area contributed by atoms with Gasteiger partial charge in [-0.25, -0.2) is 23.4 Å². The van der Waals surface area contributed by atoms with Gasteiger partial charge < -0.3 is 9.73 Å². The highest BCUT2D eigenvalue weighted by Crippen LogP contribution is 2.39. The Morgan fingerprint density at radius 2 is 1.89 bits per heavy atom. The number of hydrogen-bond donors (Lipinski definition) is 1. The van der Waals surface area contributed by atoms with Crippen molar-refractivity contribution >= 4 is 15.7 Å². The number of anilines is 1. The number of sulfone groups is 1. The van der Waals surface area contributed by atoms with Crippen LogP contribution in [0, 0.1) is 6.92 Å². The zero-order valence-electron chi connectivity index (χ0n) is 15.1. The summed E-state index contributed by atoms with van der Waals surface area (Å²) in [5.74, 6) is 1.35. The molecule has 0 amide bonds. The van der Waals surface area contributed by atoms with Gasteiger partial charge in [0.2, 0.25) is 20.9 Å². The molecule has 0 saturated heterocycles. The molecule has 2 aromatic heterocycles. The Kier molecular flexibility index (Phi) is 4.43. The smallest absolute Gasteiger partial charge is 0.248 e. The molecule has 140 valence electrons. The zero-order chi connectivity index (χ0) is 19.0. The van der Waals surface area contributed by atoms with Gasteiger partial charge in [0.1, 0.15) is 12.1 Å². The Morgan fingerprint density at radius 3 is 2.56 bits per heavy atom. The topological polar surface area (TPSA) is 98.0 Å². The van der Waals surface area contributed by atoms with Crippen LogP contribution in [0.4, 0.5) is 5.82 Å². The van der Waals surface area contributed by atoms with E-state index in [1.807, 2.05) is 37.3 Å². The van der Waals surface area contributed by atoms with Crippen LogP contribution in [0.5, 0.6) is 0 Å². The molecule has 4 rings (SSSR count). The first-order chi connectivity index (χ1) is 12.9. The summed E-state index contributed by atoms with van der Waals surface area (Å²) in [5, 5.41) is 2.99. The van der Waals surface area contributed by atoms with E-state index in [4.69, 9.17) is 4.42 Å². The first-order valence-corrected chi connectivity index (χ1v) is 10.6. The maximum absolute atomic E-state index is 11.9. The maximum Gasteiger partial charge on any atom is 0.248 e. The first kappa shape index (κ1) is 17.7. The zero-order valence-corrected chi connectivity index (χ0v) is 16.0. The lowest BCUT2D eigenvalue weighted by Gasteiger charge is -2.08. The van der Waals surface area contributed by atoms with Gasteiger partial charge in [-0.15, -0.1) is 0 Å². The summed E-state index contributed by atoms with van der Waals surface area (Å²) >= 11 is 0. The summed E-state index contributed by atoms with van der Waals surface area (Å²) < 4.78 is 29.3. The van der Waals surface area contributed by atoms with Crippen LogP contribution in [0.3, 0.4) is 0 Å². The van der Waals surface area contributed by atoms with Crippen LogP contribution >= 0.6 is 0 Å². The van der Waals surface area contributed by atoms with E-state index in [9.17, 15) is 8.42 Å². The van der Waals surface area contributed by atoms with Gasteiger partial charge in [0.25, 0.3) is 0 Å². The predicted octanol–water partition coefficient (Wildman–Crippen LogP) is 3.33. The van der Waals surface area contributed by atoms with E-state index in [2.05, 4.69) is 20.3 Å². The lowest BCUT2D eigenvalue weighted by Crippen LogP contribution is -2.10. The first-order valence-electron chi connectivity index (χ1n) is 8.73. The molecule has 1 aliphatic carbocycles. The van der Waals surface area contributed by atoms with Crippen molar-refractivity contribution in [2.75, 3.05) is 11.6 Å². The van der Waals surface area contributed by atoms with Crippen LogP contribution in [0.2, 0.25) is 0 Å². The minimum Gasteiger partial charge on any atom is -0.444 e. The molecular formula is C19H20N4O3S. The van der Waals surface area contributed by atoms with Gasteiger partial charge >= 0.3 is 0 Å². The van der Waals surface area contributed by atoms with Gasteiger partial charge in [-0.1, -0.05) is 17.7 Å². The predicted molar refractivity (Wildman–Crippen MR) is 101 cm³/mol. The van der Waals surface area contributed by atoms with Crippen LogP contribution < -0.4 is 5.32 Å². The van der Waals surface area contributed by atoms with Crippen molar-refractivity contribution in [3.8, 4) is 11.5 Å². The number of rotatable bonds is 6. The molecule has 0 atom stereocenters. The van der Waals surface area contributed by atoms with Crippen molar-refractivity contribution in [1.82, 2.24) is 15.0 Å². The standard InChI is InChI=1S/C19H20N4O3S/c1-12-3-5-14(6-4-12)18-21-15(11-26-18)10-20-17-9-16(13-7-8-13)22-19(23-17)27(2,24)25/h3-6,9,11,13H,7-8,10H2,1-2H3,(H,20,22,23). The summed E-state index contributed by atoms with van der Waals surface area (Å²) in [6.45, 7) is 2.40. The molecule has 1 aromatic carbocycles. The number of nitrogens with zero attached hydrogens (tertiary/aromatic N) is 3. The molecule has 0 radical (unpaired) electrons. The summed E-state index contributed by atoms with van der Waals surface area (Å²) in [4.78, 5) is 12.8. The minimum atomic E-state index is -3.47. The minimum absolute atomic E-state index is 0.144. The summed E-state index contributed by atoms with van der Waals surface area (Å²) in [5.41, 5.74) is 3.56. The molecule has 1 N–H and O–H groups in total. The third-order valence-electron chi connectivity index (χ3n) is 4.35. The van der Waals surface area contributed by atoms with Crippen LogP contribution in [0.15, 0.2) is 46.2 Å². The molecular weight excluding hydrogens is 364 g/mol. The van der Waals surface area contributed by atoms with Gasteiger partial charge in [-0.3, -0.25) is 0 Å². The Morgan fingerprint density at radius 1 is 1.15 bits per heavy atom. The number of benzene rings is 1. The SMILES string of the molecule is Cc1ccc(-c2nc(CNc3cc(C4CC4)nc(S(C)(=O)=O)n3)co2)cc1. The Hall–Kier alpha value is -2.74. The quantitative estimate of drug-likeness (QED) is 0.651. The lowest BCUT2D eigenvalue weighted by molar-refractivity contribution is 0.573. The highest BCUT2D eigenvalue weighted by Gasteiger charge is 2.27. The Balaban J connectivity index is 1.52. The molecule has 3 aromatic rings. The van der Waals surface area contributed by atoms with Crippen molar-refractivity contribution < 1.29 is 12.8 Å². The van der Waals surface area contributed by atoms with E-state index in [0.29, 0.717) is 29.9 Å². The fourth-order valence-electron chi connectivity index (χ4n) is 2.69. The second kappa shape index (κ2) is 6.77. The molecule has 0 spiro atoms. The van der Waals surface area contributed by atoms with Gasteiger partial charge in [0, 0.05) is 23.8 Å². The Bertz CT molecular complexity index is 1070. The van der Waals surface area contributed by atoms with Gasteiger partial charge in [0.15, 0.2) is 0 Å². The molecule has 1 aliphatic rings. The largest absolute Gasteiger partial charge is 0.444 e. The van der Waals surface area contributed by atoms with Crippen molar-refractivity contribution in [3.63, 3.8) is 0 Å². The van der Waals surface area contributed by atoms with Crippen LogP contribution in [0.1, 0.15) is 35.7 Å². The fourth-order valence-corrected chi connectivity index (χ4v) is 3.22. The molecule has 0 aliphatic heterocycles. The number of aryl methyl sites for hydroxylation is 1. The lowest BCUT2D eigenvalue weighted by atomic mass is 10.1. The molecule has 0 bridgehead atoms. The van der Waals surface area contributed by atoms with E-state index >= 15 is 0 Å². The summed E-state index contributed by atoms with van der Waals surface area (Å²) in [6, 6.07) is 9.74.